The first-order valence-corrected chi connectivity index (χ1v) is 8.58. The molecule has 0 aliphatic carbocycles. The van der Waals surface area contributed by atoms with Crippen LogP contribution in [-0.4, -0.2) is 25.6 Å². The summed E-state index contributed by atoms with van der Waals surface area (Å²) in [7, 11) is -3.49. The summed E-state index contributed by atoms with van der Waals surface area (Å²) in [6, 6.07) is 3.25. The molecule has 0 aliphatic heterocycles. The van der Waals surface area contributed by atoms with Gasteiger partial charge in [0.2, 0.25) is 0 Å². The average Bonchev–Trinajstić information content (AvgIpc) is 2.69. The number of aromatic nitrogens is 1. The SMILES string of the molecule is CS(=O)(=O)c1c(N)nsc1NCCc1cc(F)cc(F)c1. The zero-order valence-electron chi connectivity index (χ0n) is 11.1. The molecule has 9 heteroatoms. The molecule has 1 aromatic carbocycles. The maximum atomic E-state index is 13.0. The molecule has 0 bridgehead atoms. The van der Waals surface area contributed by atoms with Gasteiger partial charge in [0.05, 0.1) is 0 Å². The van der Waals surface area contributed by atoms with E-state index in [1.807, 2.05) is 0 Å². The highest BCUT2D eigenvalue weighted by molar-refractivity contribution is 7.91. The minimum atomic E-state index is -3.49. The lowest BCUT2D eigenvalue weighted by Gasteiger charge is -2.06. The zero-order valence-corrected chi connectivity index (χ0v) is 12.7. The topological polar surface area (TPSA) is 85.1 Å². The summed E-state index contributed by atoms with van der Waals surface area (Å²) < 4.78 is 53.1. The van der Waals surface area contributed by atoms with Crippen LogP contribution in [0.5, 0.6) is 0 Å². The number of anilines is 2. The highest BCUT2D eigenvalue weighted by Crippen LogP contribution is 2.31. The molecule has 2 rings (SSSR count). The van der Waals surface area contributed by atoms with E-state index in [4.69, 9.17) is 5.73 Å². The van der Waals surface area contributed by atoms with E-state index in [0.717, 1.165) is 23.9 Å². The summed E-state index contributed by atoms with van der Waals surface area (Å²) in [5.74, 6) is -1.35. The summed E-state index contributed by atoms with van der Waals surface area (Å²) >= 11 is 0.931. The van der Waals surface area contributed by atoms with Crippen LogP contribution in [0.3, 0.4) is 0 Å². The van der Waals surface area contributed by atoms with Crippen LogP contribution < -0.4 is 11.1 Å². The van der Waals surface area contributed by atoms with Gasteiger partial charge in [-0.25, -0.2) is 17.2 Å². The predicted octanol–water partition coefficient (Wildman–Crippen LogP) is 2.06. The fraction of sp³-hybridized carbons (Fsp3) is 0.250. The summed E-state index contributed by atoms with van der Waals surface area (Å²) in [6.45, 7) is 0.299. The number of rotatable bonds is 5. The normalized spacial score (nSPS) is 11.6. The molecule has 2 aromatic rings. The van der Waals surface area contributed by atoms with Crippen LogP contribution in [0.4, 0.5) is 19.6 Å². The molecule has 0 spiro atoms. The maximum Gasteiger partial charge on any atom is 0.182 e. The number of halogens is 2. The Balaban J connectivity index is 2.08. The van der Waals surface area contributed by atoms with Crippen LogP contribution in [0.25, 0.3) is 0 Å². The first kappa shape index (κ1) is 15.6. The molecule has 3 N–H and O–H groups in total. The van der Waals surface area contributed by atoms with Gasteiger partial charge in [-0.15, -0.1) is 0 Å². The van der Waals surface area contributed by atoms with Crippen molar-refractivity contribution in [1.82, 2.24) is 4.37 Å². The third-order valence-corrected chi connectivity index (χ3v) is 4.77. The van der Waals surface area contributed by atoms with Gasteiger partial charge in [-0.1, -0.05) is 0 Å². The lowest BCUT2D eigenvalue weighted by molar-refractivity contribution is 0.580. The second-order valence-corrected chi connectivity index (χ2v) is 7.18. The zero-order chi connectivity index (χ0) is 15.6. The van der Waals surface area contributed by atoms with Crippen LogP contribution in [0.2, 0.25) is 0 Å². The van der Waals surface area contributed by atoms with Crippen molar-refractivity contribution >= 4 is 32.2 Å². The minimum absolute atomic E-state index is 0.0436. The van der Waals surface area contributed by atoms with E-state index in [2.05, 4.69) is 9.69 Å². The minimum Gasteiger partial charge on any atom is -0.382 e. The molecule has 5 nitrogen and oxygen atoms in total. The predicted molar refractivity (Wildman–Crippen MR) is 78.2 cm³/mol. The van der Waals surface area contributed by atoms with Gasteiger partial charge in [-0.2, -0.15) is 4.37 Å². The smallest absolute Gasteiger partial charge is 0.182 e. The summed E-state index contributed by atoms with van der Waals surface area (Å²) in [6.07, 6.45) is 1.37. The van der Waals surface area contributed by atoms with Gasteiger partial charge >= 0.3 is 0 Å². The number of nitrogens with two attached hydrogens (primary N) is 1. The Hall–Kier alpha value is -1.74. The molecule has 21 heavy (non-hydrogen) atoms. The van der Waals surface area contributed by atoms with E-state index in [9.17, 15) is 17.2 Å². The van der Waals surface area contributed by atoms with E-state index < -0.39 is 21.5 Å². The number of sulfone groups is 1. The van der Waals surface area contributed by atoms with Crippen molar-refractivity contribution in [1.29, 1.82) is 0 Å². The van der Waals surface area contributed by atoms with Gasteiger partial charge in [0, 0.05) is 18.9 Å². The van der Waals surface area contributed by atoms with Crippen molar-refractivity contribution in [3.63, 3.8) is 0 Å². The third-order valence-electron chi connectivity index (χ3n) is 2.67. The maximum absolute atomic E-state index is 13.0. The fourth-order valence-electron chi connectivity index (χ4n) is 1.84. The Labute approximate surface area is 124 Å². The van der Waals surface area contributed by atoms with Crippen LogP contribution in [-0.2, 0) is 16.3 Å². The van der Waals surface area contributed by atoms with E-state index in [1.165, 1.54) is 12.1 Å². The number of hydrogen-bond donors (Lipinski definition) is 2. The lowest BCUT2D eigenvalue weighted by atomic mass is 10.1. The van der Waals surface area contributed by atoms with Crippen LogP contribution in [0.15, 0.2) is 23.1 Å². The highest BCUT2D eigenvalue weighted by Gasteiger charge is 2.20. The Morgan fingerprint density at radius 1 is 1.29 bits per heavy atom. The third kappa shape index (κ3) is 3.88. The van der Waals surface area contributed by atoms with E-state index >= 15 is 0 Å². The summed E-state index contributed by atoms with van der Waals surface area (Å²) in [4.78, 5) is -0.0436. The van der Waals surface area contributed by atoms with Crippen molar-refractivity contribution in [2.75, 3.05) is 23.9 Å². The molecular formula is C12H13F2N3O2S2. The molecule has 0 saturated heterocycles. The number of hydrogen-bond acceptors (Lipinski definition) is 6. The molecule has 0 atom stereocenters. The van der Waals surface area contributed by atoms with Crippen molar-refractivity contribution in [3.05, 3.63) is 35.4 Å². The lowest BCUT2D eigenvalue weighted by Crippen LogP contribution is -2.08. The second-order valence-electron chi connectivity index (χ2n) is 4.45. The molecular weight excluding hydrogens is 320 g/mol. The average molecular weight is 333 g/mol. The van der Waals surface area contributed by atoms with E-state index in [-0.39, 0.29) is 10.7 Å². The van der Waals surface area contributed by atoms with Gasteiger partial charge in [0.25, 0.3) is 0 Å². The largest absolute Gasteiger partial charge is 0.382 e. The molecule has 0 aliphatic rings. The number of nitrogens with zero attached hydrogens (tertiary/aromatic N) is 1. The Morgan fingerprint density at radius 2 is 1.90 bits per heavy atom. The summed E-state index contributed by atoms with van der Waals surface area (Å²) in [5, 5.41) is 3.21. The van der Waals surface area contributed by atoms with Gasteiger partial charge in [0.1, 0.15) is 21.5 Å². The highest BCUT2D eigenvalue weighted by atomic mass is 32.2. The monoisotopic (exact) mass is 333 g/mol. The van der Waals surface area contributed by atoms with Gasteiger partial charge in [0.15, 0.2) is 15.7 Å². The van der Waals surface area contributed by atoms with Crippen LogP contribution in [0, 0.1) is 11.6 Å². The number of nitrogen functional groups attached to an aromatic ring is 1. The van der Waals surface area contributed by atoms with Crippen LogP contribution >= 0.6 is 11.5 Å². The van der Waals surface area contributed by atoms with Crippen molar-refractivity contribution < 1.29 is 17.2 Å². The quantitative estimate of drug-likeness (QED) is 0.875. The Bertz CT molecular complexity index is 740. The fourth-order valence-corrected chi connectivity index (χ4v) is 3.93. The van der Waals surface area contributed by atoms with Crippen molar-refractivity contribution in [2.45, 2.75) is 11.3 Å². The number of benzene rings is 1. The van der Waals surface area contributed by atoms with Crippen molar-refractivity contribution in [2.24, 2.45) is 0 Å². The molecule has 114 valence electrons. The standard InChI is InChI=1S/C12H13F2N3O2S2/c1-21(18,19)10-11(15)17-20-12(10)16-3-2-7-4-8(13)6-9(14)5-7/h4-6,16H,2-3H2,1H3,(H2,15,17). The molecule has 0 saturated carbocycles. The van der Waals surface area contributed by atoms with Gasteiger partial charge in [-0.05, 0) is 35.6 Å². The Morgan fingerprint density at radius 3 is 2.48 bits per heavy atom. The molecule has 0 radical (unpaired) electrons. The Kier molecular flexibility index (Phi) is 4.43. The number of nitrogens with one attached hydrogen (secondary N) is 1. The first-order chi connectivity index (χ1) is 9.77. The molecule has 0 fully saturated rings. The molecule has 0 amide bonds. The summed E-state index contributed by atoms with van der Waals surface area (Å²) in [5.41, 5.74) is 6.00. The van der Waals surface area contributed by atoms with E-state index in [0.29, 0.717) is 23.5 Å². The molecule has 0 unspecified atom stereocenters. The first-order valence-electron chi connectivity index (χ1n) is 5.91. The molecule has 1 heterocycles. The van der Waals surface area contributed by atoms with Crippen molar-refractivity contribution in [3.8, 4) is 0 Å². The van der Waals surface area contributed by atoms with Gasteiger partial charge < -0.3 is 11.1 Å². The molecule has 1 aromatic heterocycles. The van der Waals surface area contributed by atoms with E-state index in [1.54, 1.807) is 0 Å². The second kappa shape index (κ2) is 5.94. The van der Waals surface area contributed by atoms with Crippen LogP contribution in [0.1, 0.15) is 5.56 Å². The van der Waals surface area contributed by atoms with Gasteiger partial charge in [-0.3, -0.25) is 0 Å².